The average molecular weight is 213 g/mol. The number of amides is 1. The molecule has 0 bridgehead atoms. The molecule has 1 amide bonds. The number of hydrogen-bond donors (Lipinski definition) is 1. The van der Waals surface area contributed by atoms with Gasteiger partial charge in [0.05, 0.1) is 6.54 Å². The van der Waals surface area contributed by atoms with Crippen LogP contribution in [0.5, 0.6) is 0 Å². The number of thiophene rings is 1. The number of aliphatic carboxylic acids is 1. The number of anilines is 1. The van der Waals surface area contributed by atoms with Gasteiger partial charge in [0, 0.05) is 0 Å². The molecule has 1 N–H and O–H groups in total. The third-order valence-corrected chi connectivity index (χ3v) is 2.75. The molecule has 1 fully saturated rings. The summed E-state index contributed by atoms with van der Waals surface area (Å²) in [4.78, 5) is 23.1. The number of carboxylic acid groups (broad SMARTS) is 1. The molecule has 5 nitrogen and oxygen atoms in total. The third-order valence-electron chi connectivity index (χ3n) is 1.86. The van der Waals surface area contributed by atoms with Crippen LogP contribution >= 0.6 is 11.3 Å². The van der Waals surface area contributed by atoms with Gasteiger partial charge in [0.25, 0.3) is 0 Å². The van der Waals surface area contributed by atoms with Crippen molar-refractivity contribution in [3.63, 3.8) is 0 Å². The van der Waals surface area contributed by atoms with E-state index in [2.05, 4.69) is 4.74 Å². The molecule has 0 saturated carbocycles. The summed E-state index contributed by atoms with van der Waals surface area (Å²) in [6.45, 7) is 0.0781. The molecule has 1 aliphatic rings. The molecule has 6 heteroatoms. The monoisotopic (exact) mass is 213 g/mol. The van der Waals surface area contributed by atoms with E-state index in [1.807, 2.05) is 5.38 Å². The van der Waals surface area contributed by atoms with E-state index in [4.69, 9.17) is 5.11 Å². The number of carbonyl (C=O) groups excluding carboxylic acids is 1. The molecule has 1 aliphatic heterocycles. The van der Waals surface area contributed by atoms with Crippen molar-refractivity contribution in [1.29, 1.82) is 0 Å². The Morgan fingerprint density at radius 2 is 2.50 bits per heavy atom. The van der Waals surface area contributed by atoms with Crippen LogP contribution < -0.4 is 4.90 Å². The molecule has 1 aromatic heterocycles. The largest absolute Gasteiger partial charge is 0.478 e. The summed E-state index contributed by atoms with van der Waals surface area (Å²) in [5, 5.41) is 11.2. The smallest absolute Gasteiger partial charge is 0.415 e. The van der Waals surface area contributed by atoms with Crippen molar-refractivity contribution in [1.82, 2.24) is 0 Å². The molecule has 1 unspecified atom stereocenters. The Hall–Kier alpha value is -1.56. The van der Waals surface area contributed by atoms with Crippen molar-refractivity contribution < 1.29 is 19.4 Å². The van der Waals surface area contributed by atoms with Gasteiger partial charge in [0.1, 0.15) is 5.00 Å². The van der Waals surface area contributed by atoms with Gasteiger partial charge in [-0.05, 0) is 17.5 Å². The molecule has 2 rings (SSSR count). The van der Waals surface area contributed by atoms with Crippen LogP contribution in [-0.2, 0) is 9.53 Å². The summed E-state index contributed by atoms with van der Waals surface area (Å²) in [7, 11) is 0. The summed E-state index contributed by atoms with van der Waals surface area (Å²) in [5.74, 6) is -1.11. The number of nitrogens with zero attached hydrogens (tertiary/aromatic N) is 1. The standard InChI is InChI=1S/C8H7NO4S/c10-7(11)5-4-9(8(12)13-5)6-2-1-3-14-6/h1-3,5H,4H2,(H,10,11). The van der Waals surface area contributed by atoms with Gasteiger partial charge in [-0.2, -0.15) is 0 Å². The average Bonchev–Trinajstić information content (AvgIpc) is 2.71. The van der Waals surface area contributed by atoms with Gasteiger partial charge in [-0.25, -0.2) is 9.59 Å². The molecule has 0 spiro atoms. The summed E-state index contributed by atoms with van der Waals surface area (Å²) >= 11 is 1.37. The summed E-state index contributed by atoms with van der Waals surface area (Å²) in [6.07, 6.45) is -1.65. The van der Waals surface area contributed by atoms with Gasteiger partial charge in [0.15, 0.2) is 0 Å². The number of hydrogen-bond acceptors (Lipinski definition) is 4. The predicted octanol–water partition coefficient (Wildman–Crippen LogP) is 1.16. The summed E-state index contributed by atoms with van der Waals surface area (Å²) in [6, 6.07) is 3.54. The van der Waals surface area contributed by atoms with Crippen LogP contribution in [0, 0.1) is 0 Å². The first kappa shape index (κ1) is 9.01. The Balaban J connectivity index is 2.16. The minimum atomic E-state index is -1.11. The normalized spacial score (nSPS) is 21.0. The zero-order valence-electron chi connectivity index (χ0n) is 7.04. The number of ether oxygens (including phenoxy) is 1. The van der Waals surface area contributed by atoms with E-state index in [-0.39, 0.29) is 6.54 Å². The topological polar surface area (TPSA) is 66.8 Å². The maximum Gasteiger partial charge on any atom is 0.415 e. The fourth-order valence-electron chi connectivity index (χ4n) is 1.19. The van der Waals surface area contributed by atoms with Crippen LogP contribution in [0.2, 0.25) is 0 Å². The maximum absolute atomic E-state index is 11.2. The Morgan fingerprint density at radius 3 is 3.00 bits per heavy atom. The van der Waals surface area contributed by atoms with E-state index >= 15 is 0 Å². The summed E-state index contributed by atoms with van der Waals surface area (Å²) in [5.41, 5.74) is 0. The molecule has 1 aromatic rings. The molecule has 0 aliphatic carbocycles. The molecule has 0 aromatic carbocycles. The van der Waals surface area contributed by atoms with E-state index in [1.165, 1.54) is 16.2 Å². The lowest BCUT2D eigenvalue weighted by Crippen LogP contribution is -2.26. The zero-order valence-corrected chi connectivity index (χ0v) is 7.86. The van der Waals surface area contributed by atoms with E-state index in [9.17, 15) is 9.59 Å². The lowest BCUT2D eigenvalue weighted by molar-refractivity contribution is -0.144. The zero-order chi connectivity index (χ0) is 10.1. The number of carboxylic acids is 1. The fourth-order valence-corrected chi connectivity index (χ4v) is 1.92. The second-order valence-electron chi connectivity index (χ2n) is 2.77. The Labute approximate surface area is 83.5 Å². The first-order chi connectivity index (χ1) is 6.68. The van der Waals surface area contributed by atoms with Crippen molar-refractivity contribution in [2.24, 2.45) is 0 Å². The van der Waals surface area contributed by atoms with Crippen LogP contribution in [0.1, 0.15) is 0 Å². The van der Waals surface area contributed by atoms with Crippen LogP contribution in [0.3, 0.4) is 0 Å². The fraction of sp³-hybridized carbons (Fsp3) is 0.250. The quantitative estimate of drug-likeness (QED) is 0.800. The molecular weight excluding hydrogens is 206 g/mol. The van der Waals surface area contributed by atoms with Gasteiger partial charge in [0.2, 0.25) is 6.10 Å². The molecule has 0 radical (unpaired) electrons. The Bertz CT molecular complexity index is 361. The molecule has 1 atom stereocenters. The van der Waals surface area contributed by atoms with Gasteiger partial charge in [-0.3, -0.25) is 4.90 Å². The highest BCUT2D eigenvalue weighted by Crippen LogP contribution is 2.26. The molecule has 1 saturated heterocycles. The predicted molar refractivity (Wildman–Crippen MR) is 49.6 cm³/mol. The third kappa shape index (κ3) is 1.44. The molecule has 74 valence electrons. The van der Waals surface area contributed by atoms with Gasteiger partial charge in [-0.1, -0.05) is 0 Å². The second-order valence-corrected chi connectivity index (χ2v) is 3.70. The van der Waals surface area contributed by atoms with E-state index < -0.39 is 18.2 Å². The van der Waals surface area contributed by atoms with Crippen molar-refractivity contribution in [2.75, 3.05) is 11.4 Å². The molecule has 14 heavy (non-hydrogen) atoms. The number of cyclic esters (lactones) is 1. The highest BCUT2D eigenvalue weighted by molar-refractivity contribution is 7.14. The first-order valence-corrected chi connectivity index (χ1v) is 4.81. The van der Waals surface area contributed by atoms with Crippen LogP contribution in [0.4, 0.5) is 9.80 Å². The molecule has 2 heterocycles. The second kappa shape index (κ2) is 3.30. The maximum atomic E-state index is 11.2. The van der Waals surface area contributed by atoms with Gasteiger partial charge in [-0.15, -0.1) is 11.3 Å². The van der Waals surface area contributed by atoms with Gasteiger partial charge >= 0.3 is 12.1 Å². The highest BCUT2D eigenvalue weighted by atomic mass is 32.1. The van der Waals surface area contributed by atoms with Crippen molar-refractivity contribution in [3.8, 4) is 0 Å². The minimum Gasteiger partial charge on any atom is -0.478 e. The minimum absolute atomic E-state index is 0.0781. The van der Waals surface area contributed by atoms with Crippen molar-refractivity contribution in [2.45, 2.75) is 6.10 Å². The van der Waals surface area contributed by atoms with Gasteiger partial charge < -0.3 is 9.84 Å². The van der Waals surface area contributed by atoms with E-state index in [0.29, 0.717) is 5.00 Å². The van der Waals surface area contributed by atoms with E-state index in [0.717, 1.165) is 0 Å². The first-order valence-electron chi connectivity index (χ1n) is 3.93. The van der Waals surface area contributed by atoms with Crippen molar-refractivity contribution >= 4 is 28.4 Å². The number of carbonyl (C=O) groups is 2. The van der Waals surface area contributed by atoms with E-state index in [1.54, 1.807) is 12.1 Å². The highest BCUT2D eigenvalue weighted by Gasteiger charge is 2.37. The summed E-state index contributed by atoms with van der Waals surface area (Å²) < 4.78 is 4.65. The van der Waals surface area contributed by atoms with Crippen LogP contribution in [-0.4, -0.2) is 29.8 Å². The SMILES string of the molecule is O=C(O)C1CN(c2cccs2)C(=O)O1. The number of rotatable bonds is 2. The van der Waals surface area contributed by atoms with Crippen LogP contribution in [0.25, 0.3) is 0 Å². The van der Waals surface area contributed by atoms with Crippen LogP contribution in [0.15, 0.2) is 17.5 Å². The lowest BCUT2D eigenvalue weighted by atomic mass is 10.3. The Morgan fingerprint density at radius 1 is 1.71 bits per heavy atom. The Kier molecular flexibility index (Phi) is 2.12. The van der Waals surface area contributed by atoms with Crippen molar-refractivity contribution in [3.05, 3.63) is 17.5 Å². The lowest BCUT2D eigenvalue weighted by Gasteiger charge is -2.07. The molecular formula is C8H7NO4S.